The third-order valence-corrected chi connectivity index (χ3v) is 2.44. The Balaban J connectivity index is 2.51. The summed E-state index contributed by atoms with van der Waals surface area (Å²) in [6.07, 6.45) is 7.22. The van der Waals surface area contributed by atoms with Gasteiger partial charge in [-0.05, 0) is 33.1 Å². The largest absolute Gasteiger partial charge is 0.349 e. The average molecular weight is 182 g/mol. The van der Waals surface area contributed by atoms with E-state index in [0.717, 1.165) is 19.3 Å². The van der Waals surface area contributed by atoms with Crippen molar-refractivity contribution in [3.63, 3.8) is 0 Å². The molecule has 1 aliphatic carbocycles. The summed E-state index contributed by atoms with van der Waals surface area (Å²) in [6, 6.07) is -0.414. The number of hydrogen-bond acceptors (Lipinski definition) is 2. The van der Waals surface area contributed by atoms with Crippen LogP contribution in [0.3, 0.4) is 0 Å². The van der Waals surface area contributed by atoms with E-state index in [1.807, 2.05) is 0 Å². The Morgan fingerprint density at radius 2 is 2.31 bits per heavy atom. The first-order valence-electron chi connectivity index (χ1n) is 4.76. The van der Waals surface area contributed by atoms with Crippen molar-refractivity contribution in [2.45, 2.75) is 44.7 Å². The molecule has 13 heavy (non-hydrogen) atoms. The maximum Gasteiger partial charge on any atom is 0.237 e. The highest BCUT2D eigenvalue weighted by atomic mass is 16.2. The lowest BCUT2D eigenvalue weighted by Crippen LogP contribution is -2.51. The predicted molar refractivity (Wildman–Crippen MR) is 53.2 cm³/mol. The molecule has 1 aliphatic rings. The third-order valence-electron chi connectivity index (χ3n) is 2.44. The van der Waals surface area contributed by atoms with Crippen molar-refractivity contribution in [2.24, 2.45) is 5.73 Å². The van der Waals surface area contributed by atoms with Gasteiger partial charge in [0.2, 0.25) is 5.91 Å². The van der Waals surface area contributed by atoms with Crippen molar-refractivity contribution in [3.8, 4) is 0 Å². The Bertz CT molecular complexity index is 223. The number of amides is 1. The molecule has 3 nitrogen and oxygen atoms in total. The minimum Gasteiger partial charge on any atom is -0.349 e. The van der Waals surface area contributed by atoms with E-state index in [1.165, 1.54) is 0 Å². The van der Waals surface area contributed by atoms with Gasteiger partial charge in [0.05, 0.1) is 6.04 Å². The summed E-state index contributed by atoms with van der Waals surface area (Å²) in [5.41, 5.74) is 5.40. The zero-order valence-corrected chi connectivity index (χ0v) is 8.34. The number of allylic oxidation sites excluding steroid dienone is 1. The van der Waals surface area contributed by atoms with Crippen LogP contribution in [0, 0.1) is 0 Å². The molecule has 1 rings (SSSR count). The van der Waals surface area contributed by atoms with E-state index >= 15 is 0 Å². The molecule has 0 saturated carbocycles. The molecule has 0 fully saturated rings. The van der Waals surface area contributed by atoms with Gasteiger partial charge in [0.1, 0.15) is 0 Å². The van der Waals surface area contributed by atoms with Crippen LogP contribution in [0.5, 0.6) is 0 Å². The standard InChI is InChI=1S/C10H18N2O/c1-8(11)9(13)12-10(2)6-4-3-5-7-10/h3-4,8H,5-7,11H2,1-2H3,(H,12,13). The molecule has 3 N–H and O–H groups in total. The molecular weight excluding hydrogens is 164 g/mol. The van der Waals surface area contributed by atoms with E-state index < -0.39 is 6.04 Å². The SMILES string of the molecule is CC(N)C(=O)NC1(C)CC=CCC1. The van der Waals surface area contributed by atoms with Crippen molar-refractivity contribution < 1.29 is 4.79 Å². The van der Waals surface area contributed by atoms with Gasteiger partial charge in [0.15, 0.2) is 0 Å². The van der Waals surface area contributed by atoms with Crippen LogP contribution in [-0.2, 0) is 4.79 Å². The quantitative estimate of drug-likeness (QED) is 0.625. The fraction of sp³-hybridized carbons (Fsp3) is 0.700. The molecule has 0 bridgehead atoms. The number of carbonyl (C=O) groups excluding carboxylic acids is 1. The smallest absolute Gasteiger partial charge is 0.237 e. The Kier molecular flexibility index (Phi) is 3.09. The van der Waals surface area contributed by atoms with Gasteiger partial charge < -0.3 is 11.1 Å². The van der Waals surface area contributed by atoms with Gasteiger partial charge in [-0.1, -0.05) is 12.2 Å². The van der Waals surface area contributed by atoms with Crippen molar-refractivity contribution >= 4 is 5.91 Å². The van der Waals surface area contributed by atoms with Crippen molar-refractivity contribution in [1.82, 2.24) is 5.32 Å². The average Bonchev–Trinajstić information content (AvgIpc) is 2.04. The minimum absolute atomic E-state index is 0.0576. The number of rotatable bonds is 2. The minimum atomic E-state index is -0.414. The van der Waals surface area contributed by atoms with E-state index in [2.05, 4.69) is 24.4 Å². The van der Waals surface area contributed by atoms with Crippen molar-refractivity contribution in [1.29, 1.82) is 0 Å². The molecule has 0 aromatic rings. The summed E-state index contributed by atoms with van der Waals surface area (Å²) in [5, 5.41) is 2.98. The third kappa shape index (κ3) is 2.84. The van der Waals surface area contributed by atoms with Gasteiger partial charge in [-0.2, -0.15) is 0 Å². The summed E-state index contributed by atoms with van der Waals surface area (Å²) in [6.45, 7) is 3.77. The molecule has 0 spiro atoms. The first kappa shape index (κ1) is 10.3. The molecule has 0 aliphatic heterocycles. The number of hydrogen-bond donors (Lipinski definition) is 2. The maximum atomic E-state index is 11.4. The molecule has 0 saturated heterocycles. The van der Waals surface area contributed by atoms with E-state index in [-0.39, 0.29) is 11.4 Å². The van der Waals surface area contributed by atoms with E-state index in [1.54, 1.807) is 6.92 Å². The zero-order chi connectivity index (χ0) is 9.90. The molecule has 2 unspecified atom stereocenters. The fourth-order valence-electron chi connectivity index (χ4n) is 1.49. The first-order valence-corrected chi connectivity index (χ1v) is 4.76. The number of carbonyl (C=O) groups is 1. The maximum absolute atomic E-state index is 11.4. The second-order valence-corrected chi connectivity index (χ2v) is 4.05. The van der Waals surface area contributed by atoms with Gasteiger partial charge in [0, 0.05) is 5.54 Å². The molecule has 0 aromatic heterocycles. The molecule has 0 radical (unpaired) electrons. The predicted octanol–water partition coefficient (Wildman–Crippen LogP) is 0.949. The lowest BCUT2D eigenvalue weighted by Gasteiger charge is -2.32. The highest BCUT2D eigenvalue weighted by molar-refractivity contribution is 5.81. The van der Waals surface area contributed by atoms with Crippen molar-refractivity contribution in [3.05, 3.63) is 12.2 Å². The highest BCUT2D eigenvalue weighted by Crippen LogP contribution is 2.22. The Labute approximate surface area is 79.4 Å². The van der Waals surface area contributed by atoms with Crippen LogP contribution in [0.15, 0.2) is 12.2 Å². The van der Waals surface area contributed by atoms with E-state index in [0.29, 0.717) is 0 Å². The van der Waals surface area contributed by atoms with Crippen LogP contribution >= 0.6 is 0 Å². The van der Waals surface area contributed by atoms with Crippen LogP contribution in [0.4, 0.5) is 0 Å². The van der Waals surface area contributed by atoms with Gasteiger partial charge in [-0.25, -0.2) is 0 Å². The lowest BCUT2D eigenvalue weighted by molar-refractivity contribution is -0.123. The van der Waals surface area contributed by atoms with Gasteiger partial charge in [-0.3, -0.25) is 4.79 Å². The van der Waals surface area contributed by atoms with E-state index in [4.69, 9.17) is 5.73 Å². The topological polar surface area (TPSA) is 55.1 Å². The van der Waals surface area contributed by atoms with Crippen molar-refractivity contribution in [2.75, 3.05) is 0 Å². The monoisotopic (exact) mass is 182 g/mol. The Hall–Kier alpha value is -0.830. The number of nitrogens with one attached hydrogen (secondary N) is 1. The molecule has 74 valence electrons. The molecule has 3 heteroatoms. The normalized spacial score (nSPS) is 29.8. The molecular formula is C10H18N2O. The van der Waals surface area contributed by atoms with Crippen LogP contribution in [-0.4, -0.2) is 17.5 Å². The molecule has 0 heterocycles. The summed E-state index contributed by atoms with van der Waals surface area (Å²) in [7, 11) is 0. The van der Waals surface area contributed by atoms with Gasteiger partial charge >= 0.3 is 0 Å². The summed E-state index contributed by atoms with van der Waals surface area (Å²) < 4.78 is 0. The summed E-state index contributed by atoms with van der Waals surface area (Å²) in [5.74, 6) is -0.0576. The zero-order valence-electron chi connectivity index (χ0n) is 8.34. The van der Waals surface area contributed by atoms with Gasteiger partial charge in [-0.15, -0.1) is 0 Å². The first-order chi connectivity index (χ1) is 6.03. The second kappa shape index (κ2) is 3.92. The number of nitrogens with two attached hydrogens (primary N) is 1. The van der Waals surface area contributed by atoms with Gasteiger partial charge in [0.25, 0.3) is 0 Å². The molecule has 0 aromatic carbocycles. The van der Waals surface area contributed by atoms with E-state index in [9.17, 15) is 4.79 Å². The summed E-state index contributed by atoms with van der Waals surface area (Å²) in [4.78, 5) is 11.4. The summed E-state index contributed by atoms with van der Waals surface area (Å²) >= 11 is 0. The van der Waals surface area contributed by atoms with Crippen LogP contribution < -0.4 is 11.1 Å². The van der Waals surface area contributed by atoms with Crippen LogP contribution in [0.2, 0.25) is 0 Å². The lowest BCUT2D eigenvalue weighted by atomic mass is 9.87. The second-order valence-electron chi connectivity index (χ2n) is 4.05. The highest BCUT2D eigenvalue weighted by Gasteiger charge is 2.26. The van der Waals surface area contributed by atoms with Crippen LogP contribution in [0.1, 0.15) is 33.1 Å². The Morgan fingerprint density at radius 3 is 2.77 bits per heavy atom. The molecule has 1 amide bonds. The Morgan fingerprint density at radius 1 is 1.62 bits per heavy atom. The van der Waals surface area contributed by atoms with Crippen LogP contribution in [0.25, 0.3) is 0 Å². The fourth-order valence-corrected chi connectivity index (χ4v) is 1.49. The molecule has 2 atom stereocenters.